The zero-order chi connectivity index (χ0) is 19.8. The second-order valence-electron chi connectivity index (χ2n) is 6.63. The highest BCUT2D eigenvalue weighted by atomic mass is 16.5. The van der Waals surface area contributed by atoms with Crippen LogP contribution in [0, 0.1) is 23.7 Å². The molecule has 27 heavy (non-hydrogen) atoms. The van der Waals surface area contributed by atoms with E-state index in [4.69, 9.17) is 18.9 Å². The number of carbonyl (C=O) groups is 3. The first-order valence-electron chi connectivity index (χ1n) is 8.88. The van der Waals surface area contributed by atoms with Crippen molar-refractivity contribution in [2.45, 2.75) is 20.0 Å². The van der Waals surface area contributed by atoms with Gasteiger partial charge in [0.2, 0.25) is 0 Å². The number of hydrogen-bond acceptors (Lipinski definition) is 7. The molecule has 0 aromatic heterocycles. The Bertz CT molecular complexity index is 643. The lowest BCUT2D eigenvalue weighted by atomic mass is 9.88. The van der Waals surface area contributed by atoms with Gasteiger partial charge in [-0.05, 0) is 12.0 Å². The molecule has 0 radical (unpaired) electrons. The third-order valence-electron chi connectivity index (χ3n) is 5.00. The molecule has 7 nitrogen and oxygen atoms in total. The predicted molar refractivity (Wildman–Crippen MR) is 95.3 cm³/mol. The first-order valence-corrected chi connectivity index (χ1v) is 8.88. The number of carbonyl (C=O) groups excluding carboxylic acids is 3. The second-order valence-corrected chi connectivity index (χ2v) is 6.63. The van der Waals surface area contributed by atoms with Crippen LogP contribution in [0.3, 0.4) is 0 Å². The molecule has 0 spiro atoms. The number of hydrogen-bond donors (Lipinski definition) is 0. The van der Waals surface area contributed by atoms with Gasteiger partial charge >= 0.3 is 17.9 Å². The van der Waals surface area contributed by atoms with Crippen molar-refractivity contribution in [1.82, 2.24) is 0 Å². The maximum atomic E-state index is 12.3. The topological polar surface area (TPSA) is 88.1 Å². The Morgan fingerprint density at radius 2 is 1.48 bits per heavy atom. The van der Waals surface area contributed by atoms with Gasteiger partial charge < -0.3 is 18.9 Å². The molecule has 1 aromatic carbocycles. The minimum absolute atomic E-state index is 0.0297. The van der Waals surface area contributed by atoms with Crippen LogP contribution in [0.5, 0.6) is 0 Å². The quantitative estimate of drug-likeness (QED) is 0.505. The molecule has 0 heterocycles. The lowest BCUT2D eigenvalue weighted by Gasteiger charge is -2.25. The summed E-state index contributed by atoms with van der Waals surface area (Å²) in [6.45, 7) is 1.96. The van der Waals surface area contributed by atoms with Gasteiger partial charge in [0.15, 0.2) is 0 Å². The zero-order valence-electron chi connectivity index (χ0n) is 15.9. The lowest BCUT2D eigenvalue weighted by molar-refractivity contribution is -0.152. The SMILES string of the molecule is COC(=O)[C@H]1C[C@@H](C(=O)OC)[C@H](COC(C)=O)[C@@H]1COCc1ccccc1. The molecule has 1 aromatic rings. The minimum atomic E-state index is -0.552. The summed E-state index contributed by atoms with van der Waals surface area (Å²) in [4.78, 5) is 35.7. The standard InChI is InChI=1S/C20H26O7/c1-13(21)27-12-18-16(20(23)25-3)9-15(19(22)24-2)17(18)11-26-10-14-7-5-4-6-8-14/h4-8,15-18H,9-12H2,1-3H3/t15-,16+,17+,18-/m0/s1. The highest BCUT2D eigenvalue weighted by Gasteiger charge is 2.50. The molecule has 0 N–H and O–H groups in total. The molecule has 1 aliphatic rings. The molecule has 148 valence electrons. The van der Waals surface area contributed by atoms with Crippen molar-refractivity contribution < 1.29 is 33.3 Å². The van der Waals surface area contributed by atoms with E-state index in [2.05, 4.69) is 0 Å². The van der Waals surface area contributed by atoms with Gasteiger partial charge in [-0.3, -0.25) is 14.4 Å². The summed E-state index contributed by atoms with van der Waals surface area (Å²) in [6, 6.07) is 9.65. The van der Waals surface area contributed by atoms with E-state index in [1.807, 2.05) is 30.3 Å². The summed E-state index contributed by atoms with van der Waals surface area (Å²) in [5, 5.41) is 0. The molecule has 0 bridgehead atoms. The first kappa shape index (κ1) is 20.9. The van der Waals surface area contributed by atoms with Crippen LogP contribution in [-0.2, 0) is 39.9 Å². The van der Waals surface area contributed by atoms with Crippen molar-refractivity contribution in [1.29, 1.82) is 0 Å². The van der Waals surface area contributed by atoms with E-state index in [0.717, 1.165) is 5.56 Å². The van der Waals surface area contributed by atoms with Crippen LogP contribution in [0.15, 0.2) is 30.3 Å². The first-order chi connectivity index (χ1) is 13.0. The fourth-order valence-corrected chi connectivity index (χ4v) is 3.64. The summed E-state index contributed by atoms with van der Waals surface area (Å²) in [6.07, 6.45) is 0.282. The molecule has 0 amide bonds. The fraction of sp³-hybridized carbons (Fsp3) is 0.550. The molecular formula is C20H26O7. The molecule has 7 heteroatoms. The van der Waals surface area contributed by atoms with Gasteiger partial charge in [0, 0.05) is 18.8 Å². The second kappa shape index (κ2) is 10.1. The fourth-order valence-electron chi connectivity index (χ4n) is 3.64. The Balaban J connectivity index is 2.14. The van der Waals surface area contributed by atoms with E-state index in [9.17, 15) is 14.4 Å². The summed E-state index contributed by atoms with van der Waals surface area (Å²) in [5.74, 6) is -3.02. The summed E-state index contributed by atoms with van der Waals surface area (Å²) >= 11 is 0. The van der Waals surface area contributed by atoms with Gasteiger partial charge in [0.1, 0.15) is 0 Å². The molecule has 0 saturated heterocycles. The Morgan fingerprint density at radius 1 is 0.926 bits per heavy atom. The van der Waals surface area contributed by atoms with Crippen molar-refractivity contribution in [3.05, 3.63) is 35.9 Å². The Kier molecular flexibility index (Phi) is 7.79. The number of ether oxygens (including phenoxy) is 4. The molecule has 2 rings (SSSR count). The van der Waals surface area contributed by atoms with Gasteiger partial charge in [-0.2, -0.15) is 0 Å². The minimum Gasteiger partial charge on any atom is -0.469 e. The maximum Gasteiger partial charge on any atom is 0.309 e. The predicted octanol–water partition coefficient (Wildman–Crippen LogP) is 1.98. The van der Waals surface area contributed by atoms with Crippen molar-refractivity contribution in [2.24, 2.45) is 23.7 Å². The van der Waals surface area contributed by atoms with E-state index >= 15 is 0 Å². The largest absolute Gasteiger partial charge is 0.469 e. The van der Waals surface area contributed by atoms with Gasteiger partial charge in [-0.15, -0.1) is 0 Å². The number of esters is 3. The molecule has 1 fully saturated rings. The van der Waals surface area contributed by atoms with Crippen molar-refractivity contribution in [3.8, 4) is 0 Å². The van der Waals surface area contributed by atoms with Gasteiger partial charge in [0.05, 0.1) is 45.9 Å². The summed E-state index contributed by atoms with van der Waals surface area (Å²) < 4.78 is 20.8. The lowest BCUT2D eigenvalue weighted by Crippen LogP contribution is -2.32. The monoisotopic (exact) mass is 378 g/mol. The van der Waals surface area contributed by atoms with E-state index < -0.39 is 29.7 Å². The van der Waals surface area contributed by atoms with Gasteiger partial charge in [-0.1, -0.05) is 30.3 Å². The zero-order valence-corrected chi connectivity index (χ0v) is 15.9. The van der Waals surface area contributed by atoms with Crippen molar-refractivity contribution in [2.75, 3.05) is 27.4 Å². The van der Waals surface area contributed by atoms with Crippen LogP contribution in [0.4, 0.5) is 0 Å². The Labute approximate surface area is 158 Å². The summed E-state index contributed by atoms with van der Waals surface area (Å²) in [7, 11) is 2.62. The molecule has 1 aliphatic carbocycles. The number of methoxy groups -OCH3 is 2. The van der Waals surface area contributed by atoms with Crippen LogP contribution in [0.2, 0.25) is 0 Å². The molecule has 0 aliphatic heterocycles. The van der Waals surface area contributed by atoms with E-state index in [0.29, 0.717) is 6.61 Å². The van der Waals surface area contributed by atoms with Crippen molar-refractivity contribution >= 4 is 17.9 Å². The molecular weight excluding hydrogens is 352 g/mol. The van der Waals surface area contributed by atoms with E-state index in [1.54, 1.807) is 0 Å². The van der Waals surface area contributed by atoms with E-state index in [-0.39, 0.29) is 31.5 Å². The van der Waals surface area contributed by atoms with Gasteiger partial charge in [0.25, 0.3) is 0 Å². The Hall–Kier alpha value is -2.41. The molecule has 1 saturated carbocycles. The number of rotatable bonds is 8. The van der Waals surface area contributed by atoms with Crippen molar-refractivity contribution in [3.63, 3.8) is 0 Å². The molecule has 0 unspecified atom stereocenters. The molecule has 4 atom stereocenters. The summed E-state index contributed by atoms with van der Waals surface area (Å²) in [5.41, 5.74) is 1.01. The normalized spacial score (nSPS) is 24.3. The highest BCUT2D eigenvalue weighted by molar-refractivity contribution is 5.78. The smallest absolute Gasteiger partial charge is 0.309 e. The van der Waals surface area contributed by atoms with Crippen LogP contribution < -0.4 is 0 Å². The van der Waals surface area contributed by atoms with Crippen LogP contribution in [0.1, 0.15) is 18.9 Å². The van der Waals surface area contributed by atoms with E-state index in [1.165, 1.54) is 21.1 Å². The average molecular weight is 378 g/mol. The number of benzene rings is 1. The van der Waals surface area contributed by atoms with Gasteiger partial charge in [-0.25, -0.2) is 0 Å². The third kappa shape index (κ3) is 5.53. The van der Waals surface area contributed by atoms with Crippen LogP contribution in [-0.4, -0.2) is 45.3 Å². The maximum absolute atomic E-state index is 12.3. The third-order valence-corrected chi connectivity index (χ3v) is 5.00. The van der Waals surface area contributed by atoms with Crippen LogP contribution in [0.25, 0.3) is 0 Å². The van der Waals surface area contributed by atoms with Crippen LogP contribution >= 0.6 is 0 Å². The highest BCUT2D eigenvalue weighted by Crippen LogP contribution is 2.43. The Morgan fingerprint density at radius 3 is 2.00 bits per heavy atom. The average Bonchev–Trinajstić information content (AvgIpc) is 3.04.